The van der Waals surface area contributed by atoms with Crippen molar-refractivity contribution in [2.24, 2.45) is 0 Å². The highest BCUT2D eigenvalue weighted by Gasteiger charge is 2.41. The number of benzene rings is 1. The van der Waals surface area contributed by atoms with Crippen LogP contribution in [0.15, 0.2) is 24.3 Å². The van der Waals surface area contributed by atoms with Gasteiger partial charge < -0.3 is 18.1 Å². The topological polar surface area (TPSA) is 47.9 Å². The Hall–Kier alpha value is -0.883. The summed E-state index contributed by atoms with van der Waals surface area (Å²) in [5, 5.41) is 0. The molecule has 0 unspecified atom stereocenters. The molecule has 0 saturated carbocycles. The molecule has 0 radical (unpaired) electrons. The minimum absolute atomic E-state index is 0.574. The van der Waals surface area contributed by atoms with Crippen molar-refractivity contribution in [2.45, 2.75) is 6.92 Å². The summed E-state index contributed by atoms with van der Waals surface area (Å²) in [6.45, 7) is 1.88. The zero-order chi connectivity index (χ0) is 10.6. The van der Waals surface area contributed by atoms with E-state index in [-0.39, 0.29) is 0 Å². The van der Waals surface area contributed by atoms with Gasteiger partial charge in [-0.3, -0.25) is 0 Å². The molecule has 0 aromatic heterocycles. The smallest absolute Gasteiger partial charge is 0.480 e. The van der Waals surface area contributed by atoms with Crippen LogP contribution in [0.2, 0.25) is 0 Å². The molecule has 0 amide bonds. The number of hydrogen-bond acceptors (Lipinski definition) is 4. The summed E-state index contributed by atoms with van der Waals surface area (Å²) in [4.78, 5) is 9.68. The predicted molar refractivity (Wildman–Crippen MR) is 53.8 cm³/mol. The fourth-order valence-corrected chi connectivity index (χ4v) is 1.82. The van der Waals surface area contributed by atoms with Crippen LogP contribution in [0.3, 0.4) is 0 Å². The van der Waals surface area contributed by atoms with E-state index < -0.39 is 9.05 Å². The Balaban J connectivity index is 2.82. The van der Waals surface area contributed by atoms with Crippen molar-refractivity contribution in [2.75, 3.05) is 14.2 Å². The summed E-state index contributed by atoms with van der Waals surface area (Å²) in [5.41, 5.74) is 0.924. The molecule has 0 fully saturated rings. The van der Waals surface area contributed by atoms with Crippen molar-refractivity contribution in [3.8, 4) is 5.75 Å². The van der Waals surface area contributed by atoms with Crippen LogP contribution in [0, 0.1) is 6.92 Å². The highest BCUT2D eigenvalue weighted by molar-refractivity contribution is 6.52. The summed E-state index contributed by atoms with van der Waals surface area (Å²) in [6.07, 6.45) is 0. The van der Waals surface area contributed by atoms with Crippen molar-refractivity contribution in [1.29, 1.82) is 0 Å². The van der Waals surface area contributed by atoms with Crippen molar-refractivity contribution >= 4 is 9.05 Å². The highest BCUT2D eigenvalue weighted by Crippen LogP contribution is 2.19. The Bertz CT molecular complexity index is 299. The maximum absolute atomic E-state index is 9.68. The third-order valence-corrected chi connectivity index (χ3v) is 3.36. The maximum atomic E-state index is 9.68. The lowest BCUT2D eigenvalue weighted by Gasteiger charge is -2.20. The largest absolute Gasteiger partial charge is 0.746 e. The number of para-hydroxylation sites is 1. The second-order valence-corrected chi connectivity index (χ2v) is 4.87. The van der Waals surface area contributed by atoms with Gasteiger partial charge in [-0.1, -0.05) is 18.2 Å². The van der Waals surface area contributed by atoms with Gasteiger partial charge in [0.2, 0.25) is 0 Å². The second kappa shape index (κ2) is 4.56. The first-order chi connectivity index (χ1) is 6.61. The molecule has 0 atom stereocenters. The van der Waals surface area contributed by atoms with Gasteiger partial charge in [0.1, 0.15) is 5.75 Å². The van der Waals surface area contributed by atoms with Crippen molar-refractivity contribution in [3.63, 3.8) is 0 Å². The maximum Gasteiger partial charge on any atom is 0.746 e. The Morgan fingerprint density at radius 3 is 2.21 bits per heavy atom. The van der Waals surface area contributed by atoms with E-state index in [1.165, 1.54) is 14.2 Å². The summed E-state index contributed by atoms with van der Waals surface area (Å²) >= 11 is 0. The molecule has 0 saturated heterocycles. The lowest BCUT2D eigenvalue weighted by molar-refractivity contribution is 0.0728. The first kappa shape index (κ1) is 11.2. The van der Waals surface area contributed by atoms with Crippen molar-refractivity contribution in [3.05, 3.63) is 29.8 Å². The van der Waals surface area contributed by atoms with Crippen LogP contribution in [-0.4, -0.2) is 28.1 Å². The summed E-state index contributed by atoms with van der Waals surface area (Å²) in [6, 6.07) is 7.35. The molecule has 0 aliphatic heterocycles. The van der Waals surface area contributed by atoms with Crippen molar-refractivity contribution in [1.82, 2.24) is 0 Å². The summed E-state index contributed by atoms with van der Waals surface area (Å²) in [5.74, 6) is 0.574. The second-order valence-electron chi connectivity index (χ2n) is 2.80. The third kappa shape index (κ3) is 2.55. The minimum Gasteiger partial charge on any atom is -0.480 e. The normalized spacial score (nSPS) is 11.4. The minimum atomic E-state index is -3.47. The van der Waals surface area contributed by atoms with Gasteiger partial charge in [-0.05, 0) is 18.6 Å². The molecular weight excluding hydrogens is 200 g/mol. The van der Waals surface area contributed by atoms with Gasteiger partial charge in [-0.15, -0.1) is 0 Å². The van der Waals surface area contributed by atoms with E-state index in [0.29, 0.717) is 5.75 Å². The van der Waals surface area contributed by atoms with Crippen LogP contribution in [0.4, 0.5) is 0 Å². The number of hydrogen-bond donors (Lipinski definition) is 1. The van der Waals surface area contributed by atoms with Gasteiger partial charge in [0.25, 0.3) is 0 Å². The molecule has 14 heavy (non-hydrogen) atoms. The van der Waals surface area contributed by atoms with E-state index in [1.54, 1.807) is 6.07 Å². The Kier molecular flexibility index (Phi) is 3.65. The molecule has 0 spiro atoms. The number of rotatable bonds is 4. The van der Waals surface area contributed by atoms with Crippen LogP contribution >= 0.6 is 0 Å². The number of aryl methyl sites for hydroxylation is 1. The van der Waals surface area contributed by atoms with Gasteiger partial charge in [-0.25, -0.2) is 0 Å². The van der Waals surface area contributed by atoms with Crippen molar-refractivity contribution < 1.29 is 18.1 Å². The molecule has 0 bridgehead atoms. The first-order valence-electron chi connectivity index (χ1n) is 4.18. The molecule has 78 valence electrons. The van der Waals surface area contributed by atoms with E-state index in [0.717, 1.165) is 5.56 Å². The van der Waals surface area contributed by atoms with Gasteiger partial charge in [0, 0.05) is 14.2 Å². The molecule has 1 aromatic carbocycles. The lowest BCUT2D eigenvalue weighted by Crippen LogP contribution is -2.47. The Labute approximate surface area is 84.5 Å². The lowest BCUT2D eigenvalue weighted by atomic mass is 10.2. The van der Waals surface area contributed by atoms with E-state index >= 15 is 0 Å². The molecule has 4 nitrogen and oxygen atoms in total. The Morgan fingerprint density at radius 2 is 1.71 bits per heavy atom. The monoisotopic (exact) mass is 214 g/mol. The SMILES string of the molecule is CO[Si](O)(OC)Oc1ccccc1C. The van der Waals surface area contributed by atoms with Gasteiger partial charge in [0.05, 0.1) is 0 Å². The van der Waals surface area contributed by atoms with Crippen LogP contribution in [0.1, 0.15) is 5.56 Å². The first-order valence-corrected chi connectivity index (χ1v) is 5.86. The van der Waals surface area contributed by atoms with E-state index in [2.05, 4.69) is 0 Å². The van der Waals surface area contributed by atoms with Gasteiger partial charge >= 0.3 is 9.05 Å². The molecule has 1 rings (SSSR count). The predicted octanol–water partition coefficient (Wildman–Crippen LogP) is 1.09. The van der Waals surface area contributed by atoms with Gasteiger partial charge in [-0.2, -0.15) is 0 Å². The molecule has 1 aromatic rings. The van der Waals surface area contributed by atoms with Gasteiger partial charge in [0.15, 0.2) is 0 Å². The van der Waals surface area contributed by atoms with E-state index in [9.17, 15) is 4.80 Å². The molecular formula is C9H14O4Si. The molecule has 5 heteroatoms. The average molecular weight is 214 g/mol. The fourth-order valence-electron chi connectivity index (χ4n) is 0.977. The third-order valence-electron chi connectivity index (χ3n) is 1.85. The van der Waals surface area contributed by atoms with Crippen LogP contribution in [-0.2, 0) is 8.85 Å². The summed E-state index contributed by atoms with van der Waals surface area (Å²) < 4.78 is 14.9. The standard InChI is InChI=1S/C9H14O4Si/c1-8-6-4-5-7-9(8)13-14(10,11-2)12-3/h4-7,10H,1-3H3. The quantitative estimate of drug-likeness (QED) is 0.762. The average Bonchev–Trinajstić information content (AvgIpc) is 2.21. The van der Waals surface area contributed by atoms with E-state index in [4.69, 9.17) is 13.3 Å². The molecule has 0 heterocycles. The molecule has 0 aliphatic rings. The summed E-state index contributed by atoms with van der Waals surface area (Å²) in [7, 11) is -0.759. The molecule has 0 aliphatic carbocycles. The Morgan fingerprint density at radius 1 is 1.14 bits per heavy atom. The zero-order valence-corrected chi connectivity index (χ0v) is 9.48. The zero-order valence-electron chi connectivity index (χ0n) is 8.48. The van der Waals surface area contributed by atoms with Crippen LogP contribution in [0.5, 0.6) is 5.75 Å². The molecule has 1 N–H and O–H groups in total. The fraction of sp³-hybridized carbons (Fsp3) is 0.333. The van der Waals surface area contributed by atoms with Crippen LogP contribution < -0.4 is 4.43 Å². The van der Waals surface area contributed by atoms with E-state index in [1.807, 2.05) is 25.1 Å². The van der Waals surface area contributed by atoms with Crippen LogP contribution in [0.25, 0.3) is 0 Å². The highest BCUT2D eigenvalue weighted by atomic mass is 28.4.